The lowest BCUT2D eigenvalue weighted by Crippen LogP contribution is -2.44. The van der Waals surface area contributed by atoms with Crippen molar-refractivity contribution in [1.82, 2.24) is 0 Å². The van der Waals surface area contributed by atoms with Crippen molar-refractivity contribution in [3.8, 4) is 5.75 Å². The van der Waals surface area contributed by atoms with E-state index in [1.54, 1.807) is 12.3 Å². The number of hydrogen-bond donors (Lipinski definition) is 1. The van der Waals surface area contributed by atoms with E-state index in [0.717, 1.165) is 15.9 Å². The molecule has 0 fully saturated rings. The number of phenols is 1. The largest absolute Gasteiger partial charge is 0.508 e. The normalized spacial score (nSPS) is 11.5. The summed E-state index contributed by atoms with van der Waals surface area (Å²) in [5.41, 5.74) is 0.298. The quantitative estimate of drug-likeness (QED) is 0.443. The van der Waals surface area contributed by atoms with Crippen LogP contribution in [0.4, 0.5) is 0 Å². The van der Waals surface area contributed by atoms with Gasteiger partial charge in [0.15, 0.2) is 12.6 Å². The molecule has 0 saturated heterocycles. The first-order valence-electron chi connectivity index (χ1n) is 10.0. The SMILES string of the molecule is O=c1c([P+](c2ccccc2)(c2ccccc2)c2ccccc2)coc2cc(O)ccc12. The van der Waals surface area contributed by atoms with Gasteiger partial charge in [-0.05, 0) is 48.5 Å². The summed E-state index contributed by atoms with van der Waals surface area (Å²) >= 11 is 0. The van der Waals surface area contributed by atoms with Gasteiger partial charge in [-0.25, -0.2) is 0 Å². The molecule has 5 aromatic rings. The summed E-state index contributed by atoms with van der Waals surface area (Å²) in [6.45, 7) is 0. The third-order valence-corrected chi connectivity index (χ3v) is 9.78. The maximum absolute atomic E-state index is 13.9. The van der Waals surface area contributed by atoms with E-state index in [9.17, 15) is 9.90 Å². The van der Waals surface area contributed by atoms with Gasteiger partial charge in [0.05, 0.1) is 5.39 Å². The summed E-state index contributed by atoms with van der Waals surface area (Å²) in [5.74, 6) is 0.0682. The molecule has 3 nitrogen and oxygen atoms in total. The summed E-state index contributed by atoms with van der Waals surface area (Å²) in [4.78, 5) is 13.9. The summed E-state index contributed by atoms with van der Waals surface area (Å²) in [6.07, 6.45) is 1.59. The van der Waals surface area contributed by atoms with Gasteiger partial charge in [0.2, 0.25) is 5.43 Å². The van der Waals surface area contributed by atoms with Crippen LogP contribution in [0.3, 0.4) is 0 Å². The Morgan fingerprint density at radius 1 is 0.645 bits per heavy atom. The fourth-order valence-corrected chi connectivity index (χ4v) is 8.38. The second-order valence-electron chi connectivity index (χ2n) is 7.31. The number of hydrogen-bond acceptors (Lipinski definition) is 3. The van der Waals surface area contributed by atoms with Gasteiger partial charge in [-0.3, -0.25) is 4.79 Å². The van der Waals surface area contributed by atoms with Crippen LogP contribution < -0.4 is 26.6 Å². The van der Waals surface area contributed by atoms with Crippen molar-refractivity contribution in [1.29, 1.82) is 0 Å². The van der Waals surface area contributed by atoms with E-state index in [2.05, 4.69) is 36.4 Å². The zero-order valence-corrected chi connectivity index (χ0v) is 17.6. The Kier molecular flexibility index (Phi) is 4.89. The molecule has 0 bridgehead atoms. The highest BCUT2D eigenvalue weighted by Gasteiger charge is 2.50. The second-order valence-corrected chi connectivity index (χ2v) is 10.7. The monoisotopic (exact) mass is 423 g/mol. The van der Waals surface area contributed by atoms with Crippen molar-refractivity contribution >= 4 is 39.4 Å². The minimum atomic E-state index is -2.53. The van der Waals surface area contributed by atoms with E-state index in [1.807, 2.05) is 54.6 Å². The molecule has 5 rings (SSSR count). The highest BCUT2D eigenvalue weighted by Crippen LogP contribution is 2.53. The van der Waals surface area contributed by atoms with Crippen LogP contribution in [0.15, 0.2) is 125 Å². The van der Waals surface area contributed by atoms with Crippen LogP contribution in [-0.2, 0) is 0 Å². The lowest BCUT2D eigenvalue weighted by atomic mass is 10.2. The number of benzene rings is 4. The lowest BCUT2D eigenvalue weighted by Gasteiger charge is -2.26. The second kappa shape index (κ2) is 7.86. The molecular weight excluding hydrogens is 403 g/mol. The number of fused-ring (bicyclic) bond motifs is 1. The zero-order chi connectivity index (χ0) is 21.3. The first-order chi connectivity index (χ1) is 15.2. The Balaban J connectivity index is 1.96. The van der Waals surface area contributed by atoms with Gasteiger partial charge in [-0.15, -0.1) is 0 Å². The van der Waals surface area contributed by atoms with Gasteiger partial charge >= 0.3 is 0 Å². The average molecular weight is 423 g/mol. The van der Waals surface area contributed by atoms with E-state index in [0.29, 0.717) is 16.3 Å². The van der Waals surface area contributed by atoms with E-state index >= 15 is 0 Å². The molecule has 0 atom stereocenters. The topological polar surface area (TPSA) is 50.4 Å². The van der Waals surface area contributed by atoms with E-state index in [-0.39, 0.29) is 11.2 Å². The van der Waals surface area contributed by atoms with E-state index in [4.69, 9.17) is 4.42 Å². The Morgan fingerprint density at radius 3 is 1.61 bits per heavy atom. The summed E-state index contributed by atoms with van der Waals surface area (Å²) in [7, 11) is -2.53. The smallest absolute Gasteiger partial charge is 0.235 e. The van der Waals surface area contributed by atoms with Crippen LogP contribution in [0, 0.1) is 0 Å². The third kappa shape index (κ3) is 3.15. The highest BCUT2D eigenvalue weighted by molar-refractivity contribution is 8.01. The van der Waals surface area contributed by atoms with Gasteiger partial charge < -0.3 is 9.52 Å². The Hall–Kier alpha value is -3.68. The Labute approximate surface area is 180 Å². The van der Waals surface area contributed by atoms with Crippen molar-refractivity contribution in [2.75, 3.05) is 0 Å². The Bertz CT molecular complexity index is 1300. The number of phenolic OH excluding ortho intramolecular Hbond substituents is 1. The van der Waals surface area contributed by atoms with E-state index in [1.165, 1.54) is 12.1 Å². The summed E-state index contributed by atoms with van der Waals surface area (Å²) < 4.78 is 5.94. The van der Waals surface area contributed by atoms with Crippen LogP contribution in [-0.4, -0.2) is 5.11 Å². The summed E-state index contributed by atoms with van der Waals surface area (Å²) in [5, 5.41) is 14.2. The van der Waals surface area contributed by atoms with Gasteiger partial charge in [-0.2, -0.15) is 0 Å². The average Bonchev–Trinajstić information content (AvgIpc) is 2.83. The molecule has 0 unspecified atom stereocenters. The van der Waals surface area contributed by atoms with Crippen LogP contribution in [0.5, 0.6) is 5.75 Å². The molecule has 1 N–H and O–H groups in total. The van der Waals surface area contributed by atoms with Crippen molar-refractivity contribution in [3.05, 3.63) is 126 Å². The first-order valence-corrected chi connectivity index (χ1v) is 11.8. The molecule has 1 aromatic heterocycles. The van der Waals surface area contributed by atoms with Crippen molar-refractivity contribution < 1.29 is 9.52 Å². The summed E-state index contributed by atoms with van der Waals surface area (Å²) in [6, 6.07) is 35.2. The van der Waals surface area contributed by atoms with Gasteiger partial charge in [-0.1, -0.05) is 54.6 Å². The maximum Gasteiger partial charge on any atom is 0.235 e. The standard InChI is InChI=1S/C27H19O3P/c28-20-16-17-24-25(18-20)30-19-26(27(24)29)31(21-10-4-1-5-11-21,22-12-6-2-7-13-22)23-14-8-3-9-15-23/h1-19H/p+1. The molecule has 0 radical (unpaired) electrons. The van der Waals surface area contributed by atoms with Crippen molar-refractivity contribution in [3.63, 3.8) is 0 Å². The van der Waals surface area contributed by atoms with Crippen LogP contribution in [0.1, 0.15) is 0 Å². The number of rotatable bonds is 4. The molecular formula is C27H20O3P+. The molecule has 0 amide bonds. The molecule has 0 spiro atoms. The lowest BCUT2D eigenvalue weighted by molar-refractivity contribution is 0.474. The highest BCUT2D eigenvalue weighted by atomic mass is 31.2. The Morgan fingerprint density at radius 2 is 1.13 bits per heavy atom. The number of aromatic hydroxyl groups is 1. The molecule has 0 aliphatic rings. The molecule has 0 aliphatic carbocycles. The fraction of sp³-hybridized carbons (Fsp3) is 0. The fourth-order valence-electron chi connectivity index (χ4n) is 4.16. The third-order valence-electron chi connectivity index (χ3n) is 5.53. The molecule has 4 heteroatoms. The van der Waals surface area contributed by atoms with Gasteiger partial charge in [0, 0.05) is 6.07 Å². The predicted octanol–water partition coefficient (Wildman–Crippen LogP) is 4.12. The minimum absolute atomic E-state index is 0.0682. The molecule has 0 saturated carbocycles. The van der Waals surface area contributed by atoms with E-state index < -0.39 is 7.26 Å². The van der Waals surface area contributed by atoms with Crippen LogP contribution >= 0.6 is 7.26 Å². The molecule has 0 aliphatic heterocycles. The van der Waals surface area contributed by atoms with Gasteiger partial charge in [0.25, 0.3) is 0 Å². The zero-order valence-electron chi connectivity index (χ0n) is 16.7. The molecule has 4 aromatic carbocycles. The predicted molar refractivity (Wildman–Crippen MR) is 129 cm³/mol. The van der Waals surface area contributed by atoms with Crippen molar-refractivity contribution in [2.45, 2.75) is 0 Å². The molecule has 150 valence electrons. The first kappa shape index (κ1) is 19.3. The molecule has 1 heterocycles. The van der Waals surface area contributed by atoms with Crippen molar-refractivity contribution in [2.24, 2.45) is 0 Å². The molecule has 31 heavy (non-hydrogen) atoms. The maximum atomic E-state index is 13.9. The van der Waals surface area contributed by atoms with Crippen LogP contribution in [0.25, 0.3) is 11.0 Å². The van der Waals surface area contributed by atoms with Crippen LogP contribution in [0.2, 0.25) is 0 Å². The van der Waals surface area contributed by atoms with Gasteiger partial charge in [0.1, 0.15) is 33.5 Å². The minimum Gasteiger partial charge on any atom is -0.508 e.